The Morgan fingerprint density at radius 1 is 0.236 bits per heavy atom. The number of nitrogens with zero attached hydrogens (tertiary/aromatic N) is 1. The van der Waals surface area contributed by atoms with Gasteiger partial charge in [0, 0.05) is 17.1 Å². The van der Waals surface area contributed by atoms with Gasteiger partial charge in [0.2, 0.25) is 0 Å². The van der Waals surface area contributed by atoms with Crippen molar-refractivity contribution in [3.05, 3.63) is 200 Å². The van der Waals surface area contributed by atoms with Gasteiger partial charge in [-0.1, -0.05) is 164 Å². The fraction of sp³-hybridized carbons (Fsp3) is 0. The normalized spacial score (nSPS) is 12.0. The van der Waals surface area contributed by atoms with Crippen LogP contribution in [0.1, 0.15) is 0 Å². The van der Waals surface area contributed by atoms with Crippen LogP contribution in [0.2, 0.25) is 0 Å². The van der Waals surface area contributed by atoms with E-state index in [-0.39, 0.29) is 0 Å². The van der Waals surface area contributed by atoms with Crippen LogP contribution in [0, 0.1) is 0 Å². The average molecular weight is 696 g/mol. The highest BCUT2D eigenvalue weighted by Crippen LogP contribution is 2.46. The molecule has 0 aliphatic rings. The lowest BCUT2D eigenvalue weighted by atomic mass is 9.87. The molecule has 0 N–H and O–H groups in total. The summed E-state index contributed by atoms with van der Waals surface area (Å²) < 4.78 is 0. The third-order valence-electron chi connectivity index (χ3n) is 11.9. The van der Waals surface area contributed by atoms with E-state index in [1.165, 1.54) is 97.3 Å². The first-order valence-electron chi connectivity index (χ1n) is 19.1. The number of hydrogen-bond donors (Lipinski definition) is 0. The fourth-order valence-electron chi connectivity index (χ4n) is 9.43. The first-order valence-corrected chi connectivity index (χ1v) is 19.1. The molecule has 0 saturated heterocycles. The Morgan fingerprint density at radius 3 is 1.38 bits per heavy atom. The maximum atomic E-state index is 2.45. The summed E-state index contributed by atoms with van der Waals surface area (Å²) in [5, 5.41) is 20.4. The molecule has 0 amide bonds. The molecule has 0 spiro atoms. The van der Waals surface area contributed by atoms with Gasteiger partial charge in [0.15, 0.2) is 0 Å². The van der Waals surface area contributed by atoms with E-state index in [0.29, 0.717) is 0 Å². The topological polar surface area (TPSA) is 3.24 Å². The molecule has 0 saturated carbocycles. The van der Waals surface area contributed by atoms with Gasteiger partial charge in [0.25, 0.3) is 0 Å². The van der Waals surface area contributed by atoms with Crippen molar-refractivity contribution in [2.75, 3.05) is 4.90 Å². The van der Waals surface area contributed by atoms with Gasteiger partial charge in [0.1, 0.15) is 0 Å². The van der Waals surface area contributed by atoms with E-state index < -0.39 is 0 Å². The smallest absolute Gasteiger partial charge is 0.0474 e. The Kier molecular flexibility index (Phi) is 6.40. The van der Waals surface area contributed by atoms with Crippen molar-refractivity contribution in [2.45, 2.75) is 0 Å². The molecule has 12 rings (SSSR count). The Balaban J connectivity index is 1.18. The van der Waals surface area contributed by atoms with Crippen molar-refractivity contribution in [1.29, 1.82) is 0 Å². The minimum atomic E-state index is 1.11. The van der Waals surface area contributed by atoms with E-state index in [2.05, 4.69) is 205 Å². The van der Waals surface area contributed by atoms with Crippen molar-refractivity contribution in [1.82, 2.24) is 0 Å². The molecule has 0 radical (unpaired) electrons. The standard InChI is InChI=1S/C54H33N/c1-2-11-40-31-43(30-25-34(40)9-1)55(42-28-26-36(27-29-42)46-17-5-12-35-10-3-4-16-45(35)46)44-32-41-24-23-39-14-7-19-48-47-18-6-13-37-21-22-38-15-8-20-49(53(38)51(37)47)50(33-44)54(41)52(39)48/h1-33H. The number of hydrogen-bond acceptors (Lipinski definition) is 1. The molecular formula is C54H33N. The molecular weight excluding hydrogens is 663 g/mol. The molecule has 0 atom stereocenters. The summed E-state index contributed by atoms with van der Waals surface area (Å²) in [6.07, 6.45) is 0. The first-order chi connectivity index (χ1) is 27.3. The molecule has 0 heterocycles. The third kappa shape index (κ3) is 4.54. The second kappa shape index (κ2) is 11.6. The van der Waals surface area contributed by atoms with Crippen molar-refractivity contribution in [3.8, 4) is 11.1 Å². The van der Waals surface area contributed by atoms with Crippen molar-refractivity contribution >= 4 is 103 Å². The zero-order valence-electron chi connectivity index (χ0n) is 30.0. The molecule has 0 unspecified atom stereocenters. The summed E-state index contributed by atoms with van der Waals surface area (Å²) in [6.45, 7) is 0. The van der Waals surface area contributed by atoms with Crippen LogP contribution in [-0.2, 0) is 0 Å². The average Bonchev–Trinajstić information content (AvgIpc) is 3.25. The van der Waals surface area contributed by atoms with E-state index in [1.54, 1.807) is 0 Å². The van der Waals surface area contributed by atoms with E-state index >= 15 is 0 Å². The summed E-state index contributed by atoms with van der Waals surface area (Å²) in [4.78, 5) is 2.44. The molecule has 1 nitrogen and oxygen atoms in total. The summed E-state index contributed by atoms with van der Waals surface area (Å²) in [5.74, 6) is 0. The van der Waals surface area contributed by atoms with Gasteiger partial charge < -0.3 is 4.90 Å². The minimum absolute atomic E-state index is 1.11. The van der Waals surface area contributed by atoms with Crippen LogP contribution < -0.4 is 4.90 Å². The van der Waals surface area contributed by atoms with Crippen LogP contribution >= 0.6 is 0 Å². The summed E-state index contributed by atoms with van der Waals surface area (Å²) >= 11 is 0. The number of rotatable bonds is 4. The second-order valence-electron chi connectivity index (χ2n) is 14.9. The third-order valence-corrected chi connectivity index (χ3v) is 11.9. The molecule has 0 aliphatic carbocycles. The number of anilines is 3. The van der Waals surface area contributed by atoms with Crippen molar-refractivity contribution in [3.63, 3.8) is 0 Å². The van der Waals surface area contributed by atoms with Gasteiger partial charge in [-0.05, 0) is 134 Å². The van der Waals surface area contributed by atoms with E-state index in [9.17, 15) is 0 Å². The molecule has 0 aromatic heterocycles. The molecule has 0 fully saturated rings. The zero-order chi connectivity index (χ0) is 36.0. The molecule has 0 aliphatic heterocycles. The second-order valence-corrected chi connectivity index (χ2v) is 14.9. The van der Waals surface area contributed by atoms with Crippen LogP contribution in [0.4, 0.5) is 17.1 Å². The monoisotopic (exact) mass is 695 g/mol. The van der Waals surface area contributed by atoms with Crippen LogP contribution in [-0.4, -0.2) is 0 Å². The van der Waals surface area contributed by atoms with Gasteiger partial charge in [-0.15, -0.1) is 0 Å². The minimum Gasteiger partial charge on any atom is -0.310 e. The quantitative estimate of drug-likeness (QED) is 0.166. The van der Waals surface area contributed by atoms with Crippen LogP contribution in [0.5, 0.6) is 0 Å². The first kappa shape index (κ1) is 30.3. The van der Waals surface area contributed by atoms with Gasteiger partial charge in [-0.25, -0.2) is 0 Å². The Labute approximate surface area is 318 Å². The van der Waals surface area contributed by atoms with E-state index in [0.717, 1.165) is 17.1 Å². The molecule has 1 heteroatoms. The van der Waals surface area contributed by atoms with Crippen LogP contribution in [0.15, 0.2) is 200 Å². The highest BCUT2D eigenvalue weighted by molar-refractivity contribution is 6.37. The van der Waals surface area contributed by atoms with Gasteiger partial charge in [-0.2, -0.15) is 0 Å². The SMILES string of the molecule is c1ccc2cc(N(c3ccc(-c4cccc5ccccc45)cc3)c3cc4ccc5cccc6c7cccc8ccc9cccc(c(c3)c4c56)c9c87)ccc2c1. The lowest BCUT2D eigenvalue weighted by molar-refractivity contribution is 1.30. The highest BCUT2D eigenvalue weighted by atomic mass is 15.1. The highest BCUT2D eigenvalue weighted by Gasteiger charge is 2.20. The Hall–Kier alpha value is -7.22. The fourth-order valence-corrected chi connectivity index (χ4v) is 9.43. The molecule has 0 bridgehead atoms. The maximum Gasteiger partial charge on any atom is 0.0474 e. The maximum absolute atomic E-state index is 2.45. The summed E-state index contributed by atoms with van der Waals surface area (Å²) in [5.41, 5.74) is 5.82. The lowest BCUT2D eigenvalue weighted by Gasteiger charge is -2.27. The van der Waals surface area contributed by atoms with Gasteiger partial charge in [0.05, 0.1) is 0 Å². The number of fused-ring (bicyclic) bond motifs is 4. The molecule has 12 aromatic carbocycles. The van der Waals surface area contributed by atoms with E-state index in [4.69, 9.17) is 0 Å². The number of benzene rings is 11. The predicted molar refractivity (Wildman–Crippen MR) is 238 cm³/mol. The van der Waals surface area contributed by atoms with Crippen LogP contribution in [0.3, 0.4) is 0 Å². The molecule has 254 valence electrons. The molecule has 12 aromatic rings. The molecule has 55 heavy (non-hydrogen) atoms. The predicted octanol–water partition coefficient (Wildman–Crippen LogP) is 15.5. The van der Waals surface area contributed by atoms with Gasteiger partial charge >= 0.3 is 0 Å². The Morgan fingerprint density at radius 2 is 0.691 bits per heavy atom. The summed E-state index contributed by atoms with van der Waals surface area (Å²) in [6, 6.07) is 74.4. The van der Waals surface area contributed by atoms with Gasteiger partial charge in [-0.3, -0.25) is 0 Å². The Bertz CT molecular complexity index is 3470. The van der Waals surface area contributed by atoms with Crippen molar-refractivity contribution < 1.29 is 0 Å². The zero-order valence-corrected chi connectivity index (χ0v) is 30.0. The van der Waals surface area contributed by atoms with Crippen LogP contribution in [0.25, 0.3) is 97.3 Å². The van der Waals surface area contributed by atoms with Crippen molar-refractivity contribution in [2.24, 2.45) is 0 Å². The lowest BCUT2D eigenvalue weighted by Crippen LogP contribution is -2.10. The van der Waals surface area contributed by atoms with E-state index in [1.807, 2.05) is 0 Å². The largest absolute Gasteiger partial charge is 0.310 e. The summed E-state index contributed by atoms with van der Waals surface area (Å²) in [7, 11) is 0.